The van der Waals surface area contributed by atoms with Crippen LogP contribution in [0.4, 0.5) is 0 Å². The molecular formula is C17H25ClN2O2. The van der Waals surface area contributed by atoms with Gasteiger partial charge in [-0.15, -0.1) is 0 Å². The van der Waals surface area contributed by atoms with Gasteiger partial charge in [-0.2, -0.15) is 0 Å². The molecule has 5 heteroatoms. The first kappa shape index (κ1) is 18.5. The summed E-state index contributed by atoms with van der Waals surface area (Å²) in [6, 6.07) is 6.92. The third-order valence-electron chi connectivity index (χ3n) is 3.74. The number of halogens is 1. The highest BCUT2D eigenvalue weighted by Crippen LogP contribution is 2.14. The highest BCUT2D eigenvalue weighted by atomic mass is 35.5. The lowest BCUT2D eigenvalue weighted by Crippen LogP contribution is -2.49. The SMILES string of the molecule is CCC(=O)N(Cc1ccc(Cl)cc1)[C@@H](C)C(=O)N[C@@H](C)CC. The molecule has 0 fully saturated rings. The van der Waals surface area contributed by atoms with Crippen molar-refractivity contribution >= 4 is 23.4 Å². The zero-order valence-corrected chi connectivity index (χ0v) is 14.5. The van der Waals surface area contributed by atoms with Crippen LogP contribution in [0, 0.1) is 0 Å². The van der Waals surface area contributed by atoms with E-state index in [4.69, 9.17) is 11.6 Å². The van der Waals surface area contributed by atoms with Gasteiger partial charge in [0.25, 0.3) is 0 Å². The number of nitrogens with zero attached hydrogens (tertiary/aromatic N) is 1. The van der Waals surface area contributed by atoms with Gasteiger partial charge in [-0.05, 0) is 38.0 Å². The van der Waals surface area contributed by atoms with E-state index in [1.165, 1.54) is 0 Å². The second-order valence-electron chi connectivity index (χ2n) is 5.50. The van der Waals surface area contributed by atoms with Crippen LogP contribution in [-0.2, 0) is 16.1 Å². The van der Waals surface area contributed by atoms with Crippen molar-refractivity contribution in [3.05, 3.63) is 34.9 Å². The van der Waals surface area contributed by atoms with E-state index in [-0.39, 0.29) is 17.9 Å². The van der Waals surface area contributed by atoms with E-state index < -0.39 is 6.04 Å². The fraction of sp³-hybridized carbons (Fsp3) is 0.529. The summed E-state index contributed by atoms with van der Waals surface area (Å²) < 4.78 is 0. The number of nitrogens with one attached hydrogen (secondary N) is 1. The second-order valence-corrected chi connectivity index (χ2v) is 5.93. The molecule has 0 radical (unpaired) electrons. The zero-order chi connectivity index (χ0) is 16.7. The fourth-order valence-electron chi connectivity index (χ4n) is 2.04. The molecule has 0 saturated heterocycles. The van der Waals surface area contributed by atoms with Crippen LogP contribution in [0.25, 0.3) is 0 Å². The lowest BCUT2D eigenvalue weighted by Gasteiger charge is -2.29. The van der Waals surface area contributed by atoms with E-state index in [1.807, 2.05) is 26.0 Å². The normalized spacial score (nSPS) is 13.3. The average molecular weight is 325 g/mol. The molecule has 1 rings (SSSR count). The number of amides is 2. The average Bonchev–Trinajstić information content (AvgIpc) is 2.52. The molecule has 0 bridgehead atoms. The van der Waals surface area contributed by atoms with Gasteiger partial charge in [0.1, 0.15) is 6.04 Å². The molecule has 0 unspecified atom stereocenters. The van der Waals surface area contributed by atoms with Gasteiger partial charge in [-0.1, -0.05) is 37.6 Å². The summed E-state index contributed by atoms with van der Waals surface area (Å²) in [5, 5.41) is 3.58. The number of rotatable bonds is 7. The van der Waals surface area contributed by atoms with Gasteiger partial charge >= 0.3 is 0 Å². The Morgan fingerprint density at radius 2 is 1.77 bits per heavy atom. The van der Waals surface area contributed by atoms with Crippen molar-refractivity contribution < 1.29 is 9.59 Å². The predicted molar refractivity (Wildman–Crippen MR) is 89.7 cm³/mol. The standard InChI is InChI=1S/C17H25ClN2O2/c1-5-12(3)19-17(22)13(4)20(16(21)6-2)11-14-7-9-15(18)10-8-14/h7-10,12-13H,5-6,11H2,1-4H3,(H,19,22)/t12-,13-/m0/s1. The molecule has 22 heavy (non-hydrogen) atoms. The van der Waals surface area contributed by atoms with Crippen LogP contribution in [0.2, 0.25) is 5.02 Å². The van der Waals surface area contributed by atoms with Crippen LogP contribution in [-0.4, -0.2) is 28.8 Å². The molecule has 1 aromatic carbocycles. The monoisotopic (exact) mass is 324 g/mol. The molecule has 0 aliphatic rings. The van der Waals surface area contributed by atoms with Crippen LogP contribution < -0.4 is 5.32 Å². The molecule has 122 valence electrons. The van der Waals surface area contributed by atoms with Crippen LogP contribution in [0.5, 0.6) is 0 Å². The van der Waals surface area contributed by atoms with E-state index in [0.717, 1.165) is 12.0 Å². The highest BCUT2D eigenvalue weighted by Gasteiger charge is 2.25. The van der Waals surface area contributed by atoms with Gasteiger partial charge in [0, 0.05) is 24.0 Å². The number of carbonyl (C=O) groups excluding carboxylic acids is 2. The summed E-state index contributed by atoms with van der Waals surface area (Å²) in [6.07, 6.45) is 1.23. The minimum absolute atomic E-state index is 0.0400. The summed E-state index contributed by atoms with van der Waals surface area (Å²) in [7, 11) is 0. The Kier molecular flexibility index (Phi) is 7.39. The minimum atomic E-state index is -0.503. The van der Waals surface area contributed by atoms with Gasteiger partial charge in [0.05, 0.1) is 0 Å². The van der Waals surface area contributed by atoms with E-state index in [0.29, 0.717) is 18.0 Å². The van der Waals surface area contributed by atoms with Crippen molar-refractivity contribution in [3.8, 4) is 0 Å². The Hall–Kier alpha value is -1.55. The summed E-state index contributed by atoms with van der Waals surface area (Å²) in [4.78, 5) is 26.1. The number of carbonyl (C=O) groups is 2. The Morgan fingerprint density at radius 3 is 2.27 bits per heavy atom. The first-order chi connectivity index (χ1) is 10.4. The Balaban J connectivity index is 2.85. The third kappa shape index (κ3) is 5.34. The molecule has 0 spiro atoms. The fourth-order valence-corrected chi connectivity index (χ4v) is 2.16. The third-order valence-corrected chi connectivity index (χ3v) is 3.99. The van der Waals surface area contributed by atoms with Crippen molar-refractivity contribution in [1.82, 2.24) is 10.2 Å². The molecule has 0 saturated carbocycles. The van der Waals surface area contributed by atoms with Crippen molar-refractivity contribution in [2.45, 2.75) is 59.2 Å². The maximum atomic E-state index is 12.3. The predicted octanol–water partition coefficient (Wildman–Crippen LogP) is 3.38. The summed E-state index contributed by atoms with van der Waals surface area (Å²) in [5.41, 5.74) is 0.953. The van der Waals surface area contributed by atoms with Crippen LogP contribution in [0.15, 0.2) is 24.3 Å². The maximum absolute atomic E-state index is 12.3. The molecule has 4 nitrogen and oxygen atoms in total. The van der Waals surface area contributed by atoms with Crippen molar-refractivity contribution in [2.24, 2.45) is 0 Å². The van der Waals surface area contributed by atoms with Gasteiger partial charge in [0.2, 0.25) is 11.8 Å². The second kappa shape index (κ2) is 8.79. The van der Waals surface area contributed by atoms with E-state index in [2.05, 4.69) is 5.32 Å². The quantitative estimate of drug-likeness (QED) is 0.836. The van der Waals surface area contributed by atoms with E-state index in [9.17, 15) is 9.59 Å². The largest absolute Gasteiger partial charge is 0.352 e. The molecule has 2 atom stereocenters. The van der Waals surface area contributed by atoms with Crippen LogP contribution in [0.3, 0.4) is 0 Å². The van der Waals surface area contributed by atoms with Gasteiger partial charge in [0.15, 0.2) is 0 Å². The zero-order valence-electron chi connectivity index (χ0n) is 13.7. The Bertz CT molecular complexity index is 502. The molecule has 0 aliphatic heterocycles. The van der Waals surface area contributed by atoms with E-state index >= 15 is 0 Å². The van der Waals surface area contributed by atoms with Crippen LogP contribution >= 0.6 is 11.6 Å². The maximum Gasteiger partial charge on any atom is 0.242 e. The number of hydrogen-bond acceptors (Lipinski definition) is 2. The first-order valence-corrected chi connectivity index (χ1v) is 8.11. The lowest BCUT2D eigenvalue weighted by molar-refractivity contribution is -0.140. The molecule has 0 heterocycles. The van der Waals surface area contributed by atoms with Crippen molar-refractivity contribution in [2.75, 3.05) is 0 Å². The first-order valence-electron chi connectivity index (χ1n) is 7.73. The smallest absolute Gasteiger partial charge is 0.242 e. The topological polar surface area (TPSA) is 49.4 Å². The summed E-state index contributed by atoms with van der Waals surface area (Å²) >= 11 is 5.88. The van der Waals surface area contributed by atoms with Crippen molar-refractivity contribution in [3.63, 3.8) is 0 Å². The Morgan fingerprint density at radius 1 is 1.18 bits per heavy atom. The van der Waals surface area contributed by atoms with E-state index in [1.54, 1.807) is 30.9 Å². The van der Waals surface area contributed by atoms with Gasteiger partial charge < -0.3 is 10.2 Å². The highest BCUT2D eigenvalue weighted by molar-refractivity contribution is 6.30. The molecule has 0 aliphatic carbocycles. The molecule has 2 amide bonds. The summed E-state index contributed by atoms with van der Waals surface area (Å²) in [5.74, 6) is -0.160. The lowest BCUT2D eigenvalue weighted by atomic mass is 10.1. The van der Waals surface area contributed by atoms with Gasteiger partial charge in [-0.3, -0.25) is 9.59 Å². The molecule has 1 N–H and O–H groups in total. The van der Waals surface area contributed by atoms with Crippen LogP contribution in [0.1, 0.15) is 46.1 Å². The van der Waals surface area contributed by atoms with Crippen molar-refractivity contribution in [1.29, 1.82) is 0 Å². The summed E-state index contributed by atoms with van der Waals surface area (Å²) in [6.45, 7) is 7.94. The molecule has 0 aromatic heterocycles. The molecule has 1 aromatic rings. The minimum Gasteiger partial charge on any atom is -0.352 e. The molecular weight excluding hydrogens is 300 g/mol. The number of hydrogen-bond donors (Lipinski definition) is 1. The Labute approximate surface area is 137 Å². The number of benzene rings is 1. The van der Waals surface area contributed by atoms with Gasteiger partial charge in [-0.25, -0.2) is 0 Å².